The van der Waals surface area contributed by atoms with Gasteiger partial charge in [0, 0.05) is 32.1 Å². The maximum Gasteiger partial charge on any atom is 0.144 e. The first kappa shape index (κ1) is 14.0. The molecule has 6 rings (SSSR count). The van der Waals surface area contributed by atoms with Crippen LogP contribution in [-0.2, 0) is 0 Å². The van der Waals surface area contributed by atoms with Crippen LogP contribution in [0.4, 0.5) is 0 Å². The highest BCUT2D eigenvalue weighted by Crippen LogP contribution is 2.39. The molecule has 3 aromatic carbocycles. The molecule has 0 saturated heterocycles. The zero-order valence-corrected chi connectivity index (χ0v) is 18.5. The van der Waals surface area contributed by atoms with E-state index < -0.39 is 19.6 Å². The predicted octanol–water partition coefficient (Wildman–Crippen LogP) is 8.90. The molecule has 1 fully saturated rings. The molecule has 2 heterocycles. The number of furan rings is 1. The van der Waals surface area contributed by atoms with Gasteiger partial charge in [-0.25, -0.2) is 0 Å². The normalized spacial score (nSPS) is 19.4. The average Bonchev–Trinajstić information content (AvgIpc) is 3.52. The van der Waals surface area contributed by atoms with E-state index in [-0.39, 0.29) is 16.7 Å². The summed E-state index contributed by atoms with van der Waals surface area (Å²) in [6, 6.07) is 18.4. The summed E-state index contributed by atoms with van der Waals surface area (Å²) in [6.07, 6.45) is 4.53. The standard InChI is InChI=1S/C31H29NO/c1-19-8-6-13-29-30(19)26-12-7-11-25(31(26)33-29)28-17-27(21(3)18-32-28)24-15-14-23(16-20(24)2)22-9-4-5-10-22/h6-8,11-18,22H,4-5,9-10H2,1-3H3/i2D3,3D3,22D. The van der Waals surface area contributed by atoms with Gasteiger partial charge in [-0.1, -0.05) is 55.3 Å². The van der Waals surface area contributed by atoms with Crippen molar-refractivity contribution in [3.8, 4) is 22.4 Å². The predicted molar refractivity (Wildman–Crippen MR) is 138 cm³/mol. The molecule has 0 N–H and O–H groups in total. The van der Waals surface area contributed by atoms with E-state index in [4.69, 9.17) is 14.0 Å². The summed E-state index contributed by atoms with van der Waals surface area (Å²) in [5.41, 5.74) is 4.92. The molecule has 0 radical (unpaired) electrons. The zero-order valence-electron chi connectivity index (χ0n) is 25.5. The Hall–Kier alpha value is -3.39. The fourth-order valence-electron chi connectivity index (χ4n) is 5.14. The Morgan fingerprint density at radius 1 is 0.879 bits per heavy atom. The molecule has 2 nitrogen and oxygen atoms in total. The van der Waals surface area contributed by atoms with E-state index in [1.54, 1.807) is 24.3 Å². The Labute approximate surface area is 205 Å². The molecule has 0 bridgehead atoms. The lowest BCUT2D eigenvalue weighted by molar-refractivity contribution is 0.669. The van der Waals surface area contributed by atoms with Crippen LogP contribution in [0.2, 0.25) is 0 Å². The van der Waals surface area contributed by atoms with Crippen molar-refractivity contribution in [1.29, 1.82) is 0 Å². The minimum absolute atomic E-state index is 0.0245. The van der Waals surface area contributed by atoms with Crippen molar-refractivity contribution >= 4 is 21.9 Å². The van der Waals surface area contributed by atoms with Gasteiger partial charge in [0.25, 0.3) is 0 Å². The number of aromatic nitrogens is 1. The molecule has 1 saturated carbocycles. The van der Waals surface area contributed by atoms with Crippen LogP contribution in [0.25, 0.3) is 44.3 Å². The SMILES string of the molecule is [2H]C([2H])([2H])c1cnc(-c2cccc3c2oc2cccc(C)c23)cc1-c1ccc(C2([2H])CCCC2)cc1C([2H])([2H])[2H]. The zero-order chi connectivity index (χ0) is 28.4. The van der Waals surface area contributed by atoms with E-state index in [0.29, 0.717) is 40.8 Å². The van der Waals surface area contributed by atoms with Crippen LogP contribution in [0, 0.1) is 20.6 Å². The summed E-state index contributed by atoms with van der Waals surface area (Å²) in [6.45, 7) is -3.00. The highest BCUT2D eigenvalue weighted by molar-refractivity contribution is 6.10. The third-order valence-corrected chi connectivity index (χ3v) is 6.84. The molecule has 2 heteroatoms. The number of rotatable bonds is 3. The van der Waals surface area contributed by atoms with Gasteiger partial charge in [-0.2, -0.15) is 0 Å². The van der Waals surface area contributed by atoms with E-state index in [9.17, 15) is 0 Å². The first-order chi connectivity index (χ1) is 18.9. The molecular weight excluding hydrogens is 402 g/mol. The van der Waals surface area contributed by atoms with Crippen molar-refractivity contribution < 1.29 is 14.0 Å². The highest BCUT2D eigenvalue weighted by atomic mass is 16.3. The third kappa shape index (κ3) is 3.36. The van der Waals surface area contributed by atoms with E-state index in [1.807, 2.05) is 43.3 Å². The highest BCUT2D eigenvalue weighted by Gasteiger charge is 2.19. The monoisotopic (exact) mass is 438 g/mol. The van der Waals surface area contributed by atoms with Gasteiger partial charge in [0.15, 0.2) is 0 Å². The lowest BCUT2D eigenvalue weighted by Crippen LogP contribution is -1.96. The topological polar surface area (TPSA) is 26.0 Å². The summed E-state index contributed by atoms with van der Waals surface area (Å²) >= 11 is 0. The van der Waals surface area contributed by atoms with Gasteiger partial charge in [-0.15, -0.1) is 0 Å². The number of benzene rings is 3. The van der Waals surface area contributed by atoms with Crippen LogP contribution in [0.15, 0.2) is 71.3 Å². The van der Waals surface area contributed by atoms with E-state index in [1.165, 1.54) is 6.20 Å². The molecule has 33 heavy (non-hydrogen) atoms. The summed E-state index contributed by atoms with van der Waals surface area (Å²) in [4.78, 5) is 4.54. The Morgan fingerprint density at radius 2 is 1.73 bits per heavy atom. The summed E-state index contributed by atoms with van der Waals surface area (Å²) in [7, 11) is 0. The second-order valence-electron chi connectivity index (χ2n) is 8.92. The van der Waals surface area contributed by atoms with Gasteiger partial charge < -0.3 is 4.42 Å². The lowest BCUT2D eigenvalue weighted by atomic mass is 9.90. The maximum atomic E-state index is 8.93. The van der Waals surface area contributed by atoms with Gasteiger partial charge in [-0.05, 0) is 90.9 Å². The number of pyridine rings is 1. The number of aryl methyl sites for hydroxylation is 3. The van der Waals surface area contributed by atoms with Crippen molar-refractivity contribution in [1.82, 2.24) is 4.98 Å². The Bertz CT molecular complexity index is 1760. The fraction of sp³-hybridized carbons (Fsp3) is 0.258. The molecule has 1 aliphatic carbocycles. The van der Waals surface area contributed by atoms with Gasteiger partial charge in [0.05, 0.1) is 5.69 Å². The minimum Gasteiger partial charge on any atom is -0.455 e. The molecule has 0 spiro atoms. The second kappa shape index (κ2) is 7.88. The molecular formula is C31H29NO. The molecule has 0 aliphatic heterocycles. The Balaban J connectivity index is 1.60. The number of para-hydroxylation sites is 1. The number of nitrogens with zero attached hydrogens (tertiary/aromatic N) is 1. The first-order valence-electron chi connectivity index (χ1n) is 14.9. The molecule has 5 aromatic rings. The Morgan fingerprint density at radius 3 is 2.58 bits per heavy atom. The summed E-state index contributed by atoms with van der Waals surface area (Å²) in [5.74, 6) is -0.830. The van der Waals surface area contributed by atoms with Crippen LogP contribution in [0.5, 0.6) is 0 Å². The van der Waals surface area contributed by atoms with Crippen molar-refractivity contribution in [2.75, 3.05) is 0 Å². The lowest BCUT2D eigenvalue weighted by Gasteiger charge is -2.15. The molecule has 164 valence electrons. The van der Waals surface area contributed by atoms with Crippen LogP contribution in [0.1, 0.15) is 63.4 Å². The van der Waals surface area contributed by atoms with Crippen molar-refractivity contribution in [3.63, 3.8) is 0 Å². The first-order valence-corrected chi connectivity index (χ1v) is 11.4. The smallest absolute Gasteiger partial charge is 0.144 e. The molecule has 0 unspecified atom stereocenters. The quantitative estimate of drug-likeness (QED) is 0.281. The van der Waals surface area contributed by atoms with Gasteiger partial charge >= 0.3 is 0 Å². The van der Waals surface area contributed by atoms with E-state index >= 15 is 0 Å². The van der Waals surface area contributed by atoms with Gasteiger partial charge in [0.2, 0.25) is 0 Å². The number of fused-ring (bicyclic) bond motifs is 3. The largest absolute Gasteiger partial charge is 0.455 e. The third-order valence-electron chi connectivity index (χ3n) is 6.84. The van der Waals surface area contributed by atoms with Crippen molar-refractivity contribution in [3.05, 3.63) is 89.1 Å². The number of hydrogen-bond acceptors (Lipinski definition) is 2. The second-order valence-corrected chi connectivity index (χ2v) is 8.92. The average molecular weight is 439 g/mol. The molecule has 2 aromatic heterocycles. The molecule has 0 atom stereocenters. The van der Waals surface area contributed by atoms with Crippen LogP contribution >= 0.6 is 0 Å². The van der Waals surface area contributed by atoms with Crippen molar-refractivity contribution in [2.24, 2.45) is 0 Å². The van der Waals surface area contributed by atoms with Crippen LogP contribution < -0.4 is 0 Å². The van der Waals surface area contributed by atoms with Crippen LogP contribution in [-0.4, -0.2) is 4.98 Å². The Kier molecular flexibility index (Phi) is 3.34. The molecule has 0 amide bonds. The molecule has 1 aliphatic rings. The van der Waals surface area contributed by atoms with Crippen molar-refractivity contribution in [2.45, 2.75) is 52.2 Å². The fourth-order valence-corrected chi connectivity index (χ4v) is 5.14. The van der Waals surface area contributed by atoms with E-state index in [2.05, 4.69) is 4.98 Å². The number of hydrogen-bond donors (Lipinski definition) is 0. The summed E-state index contributed by atoms with van der Waals surface area (Å²) in [5, 5.41) is 1.94. The van der Waals surface area contributed by atoms with Crippen LogP contribution in [0.3, 0.4) is 0 Å². The maximum absolute atomic E-state index is 8.93. The van der Waals surface area contributed by atoms with Gasteiger partial charge in [-0.3, -0.25) is 4.98 Å². The van der Waals surface area contributed by atoms with E-state index in [0.717, 1.165) is 34.8 Å². The summed E-state index contributed by atoms with van der Waals surface area (Å²) < 4.78 is 64.8. The van der Waals surface area contributed by atoms with Gasteiger partial charge in [0.1, 0.15) is 11.2 Å². The minimum atomic E-state index is -2.52.